The average Bonchev–Trinajstić information content (AvgIpc) is 2.48. The molecule has 0 aromatic rings. The van der Waals surface area contributed by atoms with Gasteiger partial charge < -0.3 is 10.1 Å². The topological polar surface area (TPSA) is 38.3 Å². The van der Waals surface area contributed by atoms with Gasteiger partial charge in [0.05, 0.1) is 0 Å². The van der Waals surface area contributed by atoms with Crippen LogP contribution in [-0.2, 0) is 4.74 Å². The number of alkyl carbamates (subject to hydrolysis) is 1. The molecule has 0 aliphatic heterocycles. The molecule has 1 aliphatic rings. The fourth-order valence-electron chi connectivity index (χ4n) is 1.87. The maximum atomic E-state index is 11.5. The summed E-state index contributed by atoms with van der Waals surface area (Å²) in [5.74, 6) is 0.553. The quantitative estimate of drug-likeness (QED) is 0.788. The van der Waals surface area contributed by atoms with E-state index in [4.69, 9.17) is 4.74 Å². The molecule has 1 N–H and O–H groups in total. The second-order valence-corrected chi connectivity index (χ2v) is 5.75. The highest BCUT2D eigenvalue weighted by atomic mass is 79.9. The van der Waals surface area contributed by atoms with Crippen LogP contribution in [0.15, 0.2) is 0 Å². The van der Waals surface area contributed by atoms with E-state index in [9.17, 15) is 4.79 Å². The Morgan fingerprint density at radius 2 is 2.13 bits per heavy atom. The van der Waals surface area contributed by atoms with Crippen LogP contribution in [-0.4, -0.2) is 23.1 Å². The molecule has 0 radical (unpaired) electrons. The molecule has 3 nitrogen and oxygen atoms in total. The van der Waals surface area contributed by atoms with Gasteiger partial charge in [0.25, 0.3) is 0 Å². The van der Waals surface area contributed by atoms with Gasteiger partial charge in [0, 0.05) is 11.4 Å². The summed E-state index contributed by atoms with van der Waals surface area (Å²) in [7, 11) is 0. The lowest BCUT2D eigenvalue weighted by atomic mass is 10.1. The Morgan fingerprint density at radius 3 is 2.67 bits per heavy atom. The number of halogens is 1. The Labute approximate surface area is 100 Å². The highest BCUT2D eigenvalue weighted by Gasteiger charge is 2.29. The summed E-state index contributed by atoms with van der Waals surface area (Å²) in [5.41, 5.74) is -0.410. The van der Waals surface area contributed by atoms with Gasteiger partial charge in [-0.1, -0.05) is 22.4 Å². The van der Waals surface area contributed by atoms with Crippen molar-refractivity contribution in [1.82, 2.24) is 5.32 Å². The maximum absolute atomic E-state index is 11.5. The molecule has 88 valence electrons. The summed E-state index contributed by atoms with van der Waals surface area (Å²) in [6, 6.07) is 0.277. The number of rotatable bonds is 2. The van der Waals surface area contributed by atoms with E-state index in [1.165, 1.54) is 12.8 Å². The lowest BCUT2D eigenvalue weighted by Gasteiger charge is -2.23. The van der Waals surface area contributed by atoms with Gasteiger partial charge in [-0.05, 0) is 39.5 Å². The molecule has 2 atom stereocenters. The summed E-state index contributed by atoms with van der Waals surface area (Å²) >= 11 is 3.48. The number of carbonyl (C=O) groups excluding carboxylic acids is 1. The normalized spacial score (nSPS) is 26.4. The molecule has 0 bridgehead atoms. The van der Waals surface area contributed by atoms with Gasteiger partial charge in [-0.3, -0.25) is 0 Å². The van der Waals surface area contributed by atoms with E-state index >= 15 is 0 Å². The van der Waals surface area contributed by atoms with Gasteiger partial charge in [-0.15, -0.1) is 0 Å². The molecule has 0 spiro atoms. The predicted molar refractivity (Wildman–Crippen MR) is 64.3 cm³/mol. The first-order valence-electron chi connectivity index (χ1n) is 5.48. The van der Waals surface area contributed by atoms with Crippen molar-refractivity contribution in [3.63, 3.8) is 0 Å². The molecule has 4 heteroatoms. The largest absolute Gasteiger partial charge is 0.444 e. The van der Waals surface area contributed by atoms with Gasteiger partial charge in [-0.25, -0.2) is 4.79 Å². The van der Waals surface area contributed by atoms with E-state index in [1.54, 1.807) is 0 Å². The maximum Gasteiger partial charge on any atom is 0.407 e. The fraction of sp³-hybridized carbons (Fsp3) is 0.909. The molecule has 15 heavy (non-hydrogen) atoms. The van der Waals surface area contributed by atoms with Crippen LogP contribution < -0.4 is 5.32 Å². The third-order valence-corrected chi connectivity index (χ3v) is 3.39. The molecule has 0 aromatic heterocycles. The minimum absolute atomic E-state index is 0.277. The second-order valence-electron chi connectivity index (χ2n) is 5.10. The van der Waals surface area contributed by atoms with Crippen molar-refractivity contribution < 1.29 is 9.53 Å². The molecular weight excluding hydrogens is 258 g/mol. The summed E-state index contributed by atoms with van der Waals surface area (Å²) in [4.78, 5) is 11.5. The van der Waals surface area contributed by atoms with Crippen LogP contribution in [0.25, 0.3) is 0 Å². The molecular formula is C11H20BrNO2. The van der Waals surface area contributed by atoms with Gasteiger partial charge in [0.15, 0.2) is 0 Å². The molecule has 1 rings (SSSR count). The van der Waals surface area contributed by atoms with E-state index in [2.05, 4.69) is 21.2 Å². The fourth-order valence-corrected chi connectivity index (χ4v) is 2.65. The van der Waals surface area contributed by atoms with Crippen molar-refractivity contribution in [3.8, 4) is 0 Å². The third-order valence-electron chi connectivity index (χ3n) is 2.56. The van der Waals surface area contributed by atoms with Crippen LogP contribution in [0.2, 0.25) is 0 Å². The van der Waals surface area contributed by atoms with Crippen LogP contribution in [0.1, 0.15) is 40.0 Å². The molecule has 0 aromatic carbocycles. The van der Waals surface area contributed by atoms with Crippen molar-refractivity contribution in [2.24, 2.45) is 5.92 Å². The first-order valence-corrected chi connectivity index (χ1v) is 6.60. The average molecular weight is 278 g/mol. The lowest BCUT2D eigenvalue weighted by Crippen LogP contribution is -2.41. The number of hydrogen-bond acceptors (Lipinski definition) is 2. The molecule has 2 unspecified atom stereocenters. The van der Waals surface area contributed by atoms with E-state index in [1.807, 2.05) is 20.8 Å². The lowest BCUT2D eigenvalue weighted by molar-refractivity contribution is 0.0496. The Bertz CT molecular complexity index is 225. The zero-order valence-corrected chi connectivity index (χ0v) is 11.3. The highest BCUT2D eigenvalue weighted by molar-refractivity contribution is 9.09. The molecule has 1 saturated carbocycles. The Hall–Kier alpha value is -0.250. The molecule has 1 fully saturated rings. The summed E-state index contributed by atoms with van der Waals surface area (Å²) < 4.78 is 5.23. The highest BCUT2D eigenvalue weighted by Crippen LogP contribution is 2.27. The zero-order valence-electron chi connectivity index (χ0n) is 9.68. The SMILES string of the molecule is CC(C)(C)OC(=O)NC1CCCC1CBr. The number of alkyl halides is 1. The smallest absolute Gasteiger partial charge is 0.407 e. The zero-order chi connectivity index (χ0) is 11.5. The number of nitrogens with one attached hydrogen (secondary N) is 1. The number of carbonyl (C=O) groups is 1. The van der Waals surface area contributed by atoms with Gasteiger partial charge in [-0.2, -0.15) is 0 Å². The van der Waals surface area contributed by atoms with Crippen LogP contribution in [0.3, 0.4) is 0 Å². The minimum atomic E-state index is -0.410. The summed E-state index contributed by atoms with van der Waals surface area (Å²) in [6.07, 6.45) is 3.15. The predicted octanol–water partition coefficient (Wildman–Crippen LogP) is 3.07. The monoisotopic (exact) mass is 277 g/mol. The van der Waals surface area contributed by atoms with Crippen LogP contribution in [0.5, 0.6) is 0 Å². The van der Waals surface area contributed by atoms with Crippen molar-refractivity contribution in [1.29, 1.82) is 0 Å². The number of hydrogen-bond donors (Lipinski definition) is 1. The van der Waals surface area contributed by atoms with E-state index in [0.717, 1.165) is 11.8 Å². The summed E-state index contributed by atoms with van der Waals surface area (Å²) in [5, 5.41) is 3.90. The van der Waals surface area contributed by atoms with Gasteiger partial charge in [0.2, 0.25) is 0 Å². The van der Waals surface area contributed by atoms with Crippen molar-refractivity contribution in [3.05, 3.63) is 0 Å². The van der Waals surface area contributed by atoms with Crippen LogP contribution in [0, 0.1) is 5.92 Å². The van der Waals surface area contributed by atoms with Crippen molar-refractivity contribution >= 4 is 22.0 Å². The van der Waals surface area contributed by atoms with E-state index < -0.39 is 5.60 Å². The van der Waals surface area contributed by atoms with Crippen LogP contribution >= 0.6 is 15.9 Å². The molecule has 1 aliphatic carbocycles. The first-order chi connectivity index (χ1) is 6.92. The standard InChI is InChI=1S/C11H20BrNO2/c1-11(2,3)15-10(14)13-9-6-4-5-8(9)7-12/h8-9H,4-7H2,1-3H3,(H,13,14). The summed E-state index contributed by atoms with van der Waals surface area (Å²) in [6.45, 7) is 5.63. The van der Waals surface area contributed by atoms with Gasteiger partial charge >= 0.3 is 6.09 Å². The van der Waals surface area contributed by atoms with E-state index in [0.29, 0.717) is 5.92 Å². The Balaban J connectivity index is 2.37. The molecule has 0 saturated heterocycles. The Kier molecular flexibility index (Phi) is 4.44. The molecule has 0 heterocycles. The third kappa shape index (κ3) is 4.41. The Morgan fingerprint density at radius 1 is 1.47 bits per heavy atom. The second kappa shape index (κ2) is 5.19. The van der Waals surface area contributed by atoms with Crippen molar-refractivity contribution in [2.75, 3.05) is 5.33 Å². The van der Waals surface area contributed by atoms with Crippen molar-refractivity contribution in [2.45, 2.75) is 51.7 Å². The molecule has 1 amide bonds. The number of ether oxygens (including phenoxy) is 1. The van der Waals surface area contributed by atoms with Gasteiger partial charge in [0.1, 0.15) is 5.60 Å². The first kappa shape index (κ1) is 12.8. The minimum Gasteiger partial charge on any atom is -0.444 e. The number of amides is 1. The van der Waals surface area contributed by atoms with E-state index in [-0.39, 0.29) is 12.1 Å². The van der Waals surface area contributed by atoms with Crippen LogP contribution in [0.4, 0.5) is 4.79 Å².